The highest BCUT2D eigenvalue weighted by Crippen LogP contribution is 2.29. The fourth-order valence-electron chi connectivity index (χ4n) is 1.76. The van der Waals surface area contributed by atoms with E-state index in [1.165, 1.54) is 6.92 Å². The molecule has 0 fully saturated rings. The lowest BCUT2D eigenvalue weighted by Crippen LogP contribution is -2.35. The fourth-order valence-corrected chi connectivity index (χ4v) is 2.12. The van der Waals surface area contributed by atoms with Crippen molar-refractivity contribution in [1.82, 2.24) is 0 Å². The minimum Gasteiger partial charge on any atom is -0.311 e. The highest BCUT2D eigenvalue weighted by molar-refractivity contribution is 9.10. The van der Waals surface area contributed by atoms with Crippen LogP contribution in [0.4, 0.5) is 5.69 Å². The Labute approximate surface area is 96.2 Å². The summed E-state index contributed by atoms with van der Waals surface area (Å²) in [6, 6.07) is 5.41. The van der Waals surface area contributed by atoms with Gasteiger partial charge in [0.25, 0.3) is 0 Å². The first kappa shape index (κ1) is 10.4. The molecule has 0 saturated heterocycles. The topological polar surface area (TPSA) is 37.4 Å². The number of anilines is 1. The fraction of sp³-hybridized carbons (Fsp3) is 0.273. The predicted octanol–water partition coefficient (Wildman–Crippen LogP) is 2.39. The van der Waals surface area contributed by atoms with Crippen LogP contribution in [0.3, 0.4) is 0 Å². The van der Waals surface area contributed by atoms with E-state index in [-0.39, 0.29) is 11.7 Å². The van der Waals surface area contributed by atoms with Crippen molar-refractivity contribution in [1.29, 1.82) is 0 Å². The molecule has 1 aromatic rings. The van der Waals surface area contributed by atoms with Gasteiger partial charge in [0.2, 0.25) is 5.91 Å². The molecule has 1 aliphatic rings. The van der Waals surface area contributed by atoms with Crippen molar-refractivity contribution in [2.24, 2.45) is 0 Å². The molecule has 1 heterocycles. The molecular formula is C11H10BrNO2. The molecule has 1 aromatic carbocycles. The van der Waals surface area contributed by atoms with E-state index in [2.05, 4.69) is 15.9 Å². The zero-order valence-electron chi connectivity index (χ0n) is 8.29. The van der Waals surface area contributed by atoms with Crippen LogP contribution in [-0.2, 0) is 4.79 Å². The SMILES string of the molecule is CC(=O)N1CCC(=O)c2cc(Br)ccc21. The lowest BCUT2D eigenvalue weighted by atomic mass is 10.0. The highest BCUT2D eigenvalue weighted by atomic mass is 79.9. The minimum absolute atomic E-state index is 0.0222. The number of carbonyl (C=O) groups is 2. The van der Waals surface area contributed by atoms with Crippen LogP contribution >= 0.6 is 15.9 Å². The third-order valence-corrected chi connectivity index (χ3v) is 2.99. The molecule has 0 radical (unpaired) electrons. The summed E-state index contributed by atoms with van der Waals surface area (Å²) < 4.78 is 0.861. The molecule has 4 heteroatoms. The summed E-state index contributed by atoms with van der Waals surface area (Å²) >= 11 is 3.32. The Bertz CT molecular complexity index is 442. The maximum absolute atomic E-state index is 11.6. The molecule has 1 amide bonds. The number of hydrogen-bond acceptors (Lipinski definition) is 2. The van der Waals surface area contributed by atoms with Crippen LogP contribution in [0.25, 0.3) is 0 Å². The number of amides is 1. The molecule has 0 N–H and O–H groups in total. The largest absolute Gasteiger partial charge is 0.311 e. The Morgan fingerprint density at radius 3 is 2.87 bits per heavy atom. The molecule has 1 aliphatic heterocycles. The summed E-state index contributed by atoms with van der Waals surface area (Å²) in [6.45, 7) is 2.00. The first-order valence-electron chi connectivity index (χ1n) is 4.70. The van der Waals surface area contributed by atoms with Gasteiger partial charge >= 0.3 is 0 Å². The Hall–Kier alpha value is -1.16. The molecule has 3 nitrogen and oxygen atoms in total. The Balaban J connectivity index is 2.55. The van der Waals surface area contributed by atoms with Gasteiger partial charge in [-0.15, -0.1) is 0 Å². The lowest BCUT2D eigenvalue weighted by Gasteiger charge is -2.27. The molecule has 78 valence electrons. The van der Waals surface area contributed by atoms with Gasteiger partial charge < -0.3 is 4.90 Å². The second-order valence-corrected chi connectivity index (χ2v) is 4.42. The number of fused-ring (bicyclic) bond motifs is 1. The number of benzene rings is 1. The summed E-state index contributed by atoms with van der Waals surface area (Å²) in [7, 11) is 0. The molecule has 0 saturated carbocycles. The zero-order valence-corrected chi connectivity index (χ0v) is 9.87. The Morgan fingerprint density at radius 2 is 2.20 bits per heavy atom. The second kappa shape index (κ2) is 3.77. The normalized spacial score (nSPS) is 15.1. The van der Waals surface area contributed by atoms with Gasteiger partial charge in [-0.3, -0.25) is 9.59 Å². The molecule has 15 heavy (non-hydrogen) atoms. The van der Waals surface area contributed by atoms with Gasteiger partial charge in [-0.2, -0.15) is 0 Å². The monoisotopic (exact) mass is 267 g/mol. The number of hydrogen-bond donors (Lipinski definition) is 0. The smallest absolute Gasteiger partial charge is 0.223 e. The lowest BCUT2D eigenvalue weighted by molar-refractivity contribution is -0.116. The summed E-state index contributed by atoms with van der Waals surface area (Å²) in [5.41, 5.74) is 1.35. The van der Waals surface area contributed by atoms with E-state index < -0.39 is 0 Å². The van der Waals surface area contributed by atoms with Crippen molar-refractivity contribution in [2.45, 2.75) is 13.3 Å². The zero-order chi connectivity index (χ0) is 11.0. The van der Waals surface area contributed by atoms with E-state index in [0.717, 1.165) is 10.2 Å². The average Bonchev–Trinajstić information content (AvgIpc) is 2.19. The van der Waals surface area contributed by atoms with Gasteiger partial charge in [0.05, 0.1) is 5.69 Å². The average molecular weight is 268 g/mol. The molecule has 0 bridgehead atoms. The molecule has 0 atom stereocenters. The summed E-state index contributed by atoms with van der Waals surface area (Å²) in [4.78, 5) is 24.6. The van der Waals surface area contributed by atoms with Crippen molar-refractivity contribution < 1.29 is 9.59 Å². The molecule has 0 spiro atoms. The van der Waals surface area contributed by atoms with E-state index in [0.29, 0.717) is 18.5 Å². The molecule has 2 rings (SSSR count). The maximum Gasteiger partial charge on any atom is 0.223 e. The van der Waals surface area contributed by atoms with Crippen molar-refractivity contribution in [2.75, 3.05) is 11.4 Å². The second-order valence-electron chi connectivity index (χ2n) is 3.51. The van der Waals surface area contributed by atoms with E-state index in [1.54, 1.807) is 17.0 Å². The third-order valence-electron chi connectivity index (χ3n) is 2.49. The predicted molar refractivity (Wildman–Crippen MR) is 61.1 cm³/mol. The molecule has 0 aliphatic carbocycles. The van der Waals surface area contributed by atoms with Crippen LogP contribution in [0.15, 0.2) is 22.7 Å². The summed E-state index contributed by atoms with van der Waals surface area (Å²) in [5.74, 6) is 0.0786. The Morgan fingerprint density at radius 1 is 1.47 bits per heavy atom. The summed E-state index contributed by atoms with van der Waals surface area (Å²) in [5, 5.41) is 0. The van der Waals surface area contributed by atoms with Crippen LogP contribution in [0.5, 0.6) is 0 Å². The standard InChI is InChI=1S/C11H10BrNO2/c1-7(14)13-5-4-11(15)9-6-8(12)2-3-10(9)13/h2-3,6H,4-5H2,1H3. The van der Waals surface area contributed by atoms with Gasteiger partial charge in [0.15, 0.2) is 5.78 Å². The number of carbonyl (C=O) groups excluding carboxylic acids is 2. The van der Waals surface area contributed by atoms with Crippen molar-refractivity contribution >= 4 is 33.3 Å². The van der Waals surface area contributed by atoms with Gasteiger partial charge in [-0.1, -0.05) is 15.9 Å². The highest BCUT2D eigenvalue weighted by Gasteiger charge is 2.25. The maximum atomic E-state index is 11.6. The van der Waals surface area contributed by atoms with Gasteiger partial charge in [-0.05, 0) is 18.2 Å². The number of rotatable bonds is 0. The van der Waals surface area contributed by atoms with Crippen LogP contribution < -0.4 is 4.90 Å². The number of halogens is 1. The van der Waals surface area contributed by atoms with Crippen molar-refractivity contribution in [3.63, 3.8) is 0 Å². The molecule has 0 unspecified atom stereocenters. The van der Waals surface area contributed by atoms with Crippen LogP contribution in [0.2, 0.25) is 0 Å². The van der Waals surface area contributed by atoms with Crippen molar-refractivity contribution in [3.05, 3.63) is 28.2 Å². The molecule has 0 aromatic heterocycles. The van der Waals surface area contributed by atoms with E-state index >= 15 is 0 Å². The van der Waals surface area contributed by atoms with E-state index in [1.807, 2.05) is 6.07 Å². The summed E-state index contributed by atoms with van der Waals surface area (Å²) in [6.07, 6.45) is 0.406. The quantitative estimate of drug-likeness (QED) is 0.724. The Kier molecular flexibility index (Phi) is 2.61. The number of nitrogens with zero attached hydrogens (tertiary/aromatic N) is 1. The number of ketones is 1. The van der Waals surface area contributed by atoms with E-state index in [4.69, 9.17) is 0 Å². The van der Waals surface area contributed by atoms with Crippen LogP contribution in [0, 0.1) is 0 Å². The van der Waals surface area contributed by atoms with Crippen LogP contribution in [0.1, 0.15) is 23.7 Å². The third kappa shape index (κ3) is 1.81. The molecular weight excluding hydrogens is 258 g/mol. The van der Waals surface area contributed by atoms with Crippen LogP contribution in [-0.4, -0.2) is 18.2 Å². The minimum atomic E-state index is -0.0222. The first-order valence-corrected chi connectivity index (χ1v) is 5.50. The first-order chi connectivity index (χ1) is 7.09. The number of Topliss-reactive ketones (excluding diaryl/α,β-unsaturated/α-hetero) is 1. The van der Waals surface area contributed by atoms with E-state index in [9.17, 15) is 9.59 Å². The van der Waals surface area contributed by atoms with Gasteiger partial charge in [0.1, 0.15) is 0 Å². The van der Waals surface area contributed by atoms with Gasteiger partial charge in [-0.25, -0.2) is 0 Å². The van der Waals surface area contributed by atoms with Crippen molar-refractivity contribution in [3.8, 4) is 0 Å². The van der Waals surface area contributed by atoms with Gasteiger partial charge in [0, 0.05) is 29.9 Å².